The molecule has 0 saturated heterocycles. The van der Waals surface area contributed by atoms with Gasteiger partial charge in [0.15, 0.2) is 0 Å². The molecule has 1 unspecified atom stereocenters. The highest BCUT2D eigenvalue weighted by molar-refractivity contribution is 6.30. The molecule has 0 aliphatic heterocycles. The molecule has 6 heteroatoms. The molecule has 5 nitrogen and oxygen atoms in total. The molecule has 0 fully saturated rings. The maximum Gasteiger partial charge on any atom is 0.310 e. The van der Waals surface area contributed by atoms with Gasteiger partial charge in [-0.2, -0.15) is 10.2 Å². The summed E-state index contributed by atoms with van der Waals surface area (Å²) in [5.74, 6) is -1.92. The monoisotopic (exact) mass is 304 g/mol. The van der Waals surface area contributed by atoms with Crippen molar-refractivity contribution >= 4 is 28.9 Å². The second-order valence-corrected chi connectivity index (χ2v) is 4.92. The van der Waals surface area contributed by atoms with Crippen LogP contribution in [0.25, 0.3) is 0 Å². The number of benzene rings is 2. The summed E-state index contributed by atoms with van der Waals surface area (Å²) in [5.41, 5.74) is 1.34. The standard InChI is InChI=1S/C15H13ClN2O3/c1-9(15(20)21)13-8-12(5-6-14(13)19)18-17-11-4-2-3-10(16)7-11/h2-9,19H,1H3,(H,20,21). The minimum atomic E-state index is -1.02. The molecule has 1 atom stereocenters. The molecule has 0 amide bonds. The van der Waals surface area contributed by atoms with E-state index in [2.05, 4.69) is 10.2 Å². The number of carboxylic acids is 1. The summed E-state index contributed by atoms with van der Waals surface area (Å²) >= 11 is 5.85. The van der Waals surface area contributed by atoms with Gasteiger partial charge in [-0.05, 0) is 43.3 Å². The number of phenols is 1. The molecule has 0 spiro atoms. The Kier molecular flexibility index (Phi) is 4.55. The Morgan fingerprint density at radius 2 is 1.81 bits per heavy atom. The van der Waals surface area contributed by atoms with Crippen LogP contribution in [0.15, 0.2) is 52.7 Å². The largest absolute Gasteiger partial charge is 0.508 e. The molecule has 0 bridgehead atoms. The average Bonchev–Trinajstić information content (AvgIpc) is 2.45. The fourth-order valence-corrected chi connectivity index (χ4v) is 1.92. The molecule has 2 N–H and O–H groups in total. The lowest BCUT2D eigenvalue weighted by Gasteiger charge is -2.09. The number of rotatable bonds is 4. The van der Waals surface area contributed by atoms with Crippen molar-refractivity contribution < 1.29 is 15.0 Å². The van der Waals surface area contributed by atoms with E-state index >= 15 is 0 Å². The molecule has 0 aromatic heterocycles. The second kappa shape index (κ2) is 6.37. The Morgan fingerprint density at radius 1 is 1.14 bits per heavy atom. The van der Waals surface area contributed by atoms with Crippen LogP contribution in [0, 0.1) is 0 Å². The molecule has 2 aromatic carbocycles. The van der Waals surface area contributed by atoms with Crippen LogP contribution in [0.3, 0.4) is 0 Å². The average molecular weight is 305 g/mol. The second-order valence-electron chi connectivity index (χ2n) is 4.48. The number of hydrogen-bond acceptors (Lipinski definition) is 4. The van der Waals surface area contributed by atoms with Crippen molar-refractivity contribution in [3.8, 4) is 5.75 Å². The van der Waals surface area contributed by atoms with E-state index in [1.165, 1.54) is 19.1 Å². The van der Waals surface area contributed by atoms with E-state index in [9.17, 15) is 9.90 Å². The number of azo groups is 1. The zero-order valence-electron chi connectivity index (χ0n) is 11.2. The highest BCUT2D eigenvalue weighted by Gasteiger charge is 2.17. The zero-order chi connectivity index (χ0) is 15.4. The molecule has 2 aromatic rings. The van der Waals surface area contributed by atoms with Crippen LogP contribution in [0.2, 0.25) is 5.02 Å². The quantitative estimate of drug-likeness (QED) is 0.807. The number of halogens is 1. The smallest absolute Gasteiger partial charge is 0.310 e. The topological polar surface area (TPSA) is 82.2 Å². The van der Waals surface area contributed by atoms with E-state index in [1.54, 1.807) is 30.3 Å². The van der Waals surface area contributed by atoms with Gasteiger partial charge in [-0.1, -0.05) is 17.7 Å². The van der Waals surface area contributed by atoms with Crippen LogP contribution >= 0.6 is 11.6 Å². The Bertz CT molecular complexity index is 701. The van der Waals surface area contributed by atoms with Gasteiger partial charge in [0.25, 0.3) is 0 Å². The summed E-state index contributed by atoms with van der Waals surface area (Å²) in [6, 6.07) is 11.4. The summed E-state index contributed by atoms with van der Waals surface area (Å²) in [4.78, 5) is 11.0. The van der Waals surface area contributed by atoms with Crippen LogP contribution in [0.5, 0.6) is 5.75 Å². The SMILES string of the molecule is CC(C(=O)O)c1cc(N=Nc2cccc(Cl)c2)ccc1O. The number of hydrogen-bond donors (Lipinski definition) is 2. The first kappa shape index (κ1) is 15.0. The summed E-state index contributed by atoms with van der Waals surface area (Å²) in [6.45, 7) is 1.50. The number of aliphatic carboxylic acids is 1. The normalized spacial score (nSPS) is 12.5. The van der Waals surface area contributed by atoms with E-state index in [0.29, 0.717) is 22.0 Å². The molecular weight excluding hydrogens is 292 g/mol. The lowest BCUT2D eigenvalue weighted by Crippen LogP contribution is -2.07. The third-order valence-corrected chi connectivity index (χ3v) is 3.17. The van der Waals surface area contributed by atoms with Crippen molar-refractivity contribution in [1.29, 1.82) is 0 Å². The van der Waals surface area contributed by atoms with E-state index in [1.807, 2.05) is 0 Å². The van der Waals surface area contributed by atoms with Gasteiger partial charge < -0.3 is 10.2 Å². The van der Waals surface area contributed by atoms with E-state index in [0.717, 1.165) is 0 Å². The highest BCUT2D eigenvalue weighted by Crippen LogP contribution is 2.31. The lowest BCUT2D eigenvalue weighted by atomic mass is 10.00. The van der Waals surface area contributed by atoms with E-state index in [4.69, 9.17) is 16.7 Å². The zero-order valence-corrected chi connectivity index (χ0v) is 11.9. The van der Waals surface area contributed by atoms with Gasteiger partial charge in [-0.3, -0.25) is 4.79 Å². The summed E-state index contributed by atoms with van der Waals surface area (Å²) in [6.07, 6.45) is 0. The Hall–Kier alpha value is -2.40. The molecule has 2 rings (SSSR count). The van der Waals surface area contributed by atoms with Crippen LogP contribution in [0.1, 0.15) is 18.4 Å². The molecule has 0 aliphatic carbocycles. The first-order valence-corrected chi connectivity index (χ1v) is 6.58. The predicted octanol–water partition coefficient (Wildman–Crippen LogP) is 4.65. The van der Waals surface area contributed by atoms with Gasteiger partial charge in [0.05, 0.1) is 17.3 Å². The van der Waals surface area contributed by atoms with Crippen molar-refractivity contribution in [2.45, 2.75) is 12.8 Å². The number of carboxylic acid groups (broad SMARTS) is 1. The van der Waals surface area contributed by atoms with Crippen LogP contribution in [0.4, 0.5) is 11.4 Å². The maximum atomic E-state index is 11.0. The molecule has 21 heavy (non-hydrogen) atoms. The van der Waals surface area contributed by atoms with Crippen molar-refractivity contribution in [3.63, 3.8) is 0 Å². The molecule has 0 radical (unpaired) electrons. The number of aromatic hydroxyl groups is 1. The minimum absolute atomic E-state index is 0.0772. The van der Waals surface area contributed by atoms with Gasteiger partial charge in [0.2, 0.25) is 0 Å². The first-order chi connectivity index (χ1) is 9.97. The van der Waals surface area contributed by atoms with Crippen LogP contribution in [-0.4, -0.2) is 16.2 Å². The van der Waals surface area contributed by atoms with Gasteiger partial charge in [-0.15, -0.1) is 0 Å². The van der Waals surface area contributed by atoms with Gasteiger partial charge in [-0.25, -0.2) is 0 Å². The molecular formula is C15H13ClN2O3. The van der Waals surface area contributed by atoms with Crippen LogP contribution in [-0.2, 0) is 4.79 Å². The van der Waals surface area contributed by atoms with Crippen molar-refractivity contribution in [1.82, 2.24) is 0 Å². The molecule has 0 heterocycles. The predicted molar refractivity (Wildman–Crippen MR) is 79.8 cm³/mol. The number of phenolic OH excluding ortho intramolecular Hbond substituents is 1. The van der Waals surface area contributed by atoms with E-state index in [-0.39, 0.29) is 5.75 Å². The third kappa shape index (κ3) is 3.79. The van der Waals surface area contributed by atoms with Crippen molar-refractivity contribution in [3.05, 3.63) is 53.1 Å². The fraction of sp³-hybridized carbons (Fsp3) is 0.133. The summed E-state index contributed by atoms with van der Waals surface area (Å²) < 4.78 is 0. The summed E-state index contributed by atoms with van der Waals surface area (Å²) in [5, 5.41) is 27.3. The van der Waals surface area contributed by atoms with Crippen molar-refractivity contribution in [2.24, 2.45) is 10.2 Å². The highest BCUT2D eigenvalue weighted by atomic mass is 35.5. The number of nitrogens with zero attached hydrogens (tertiary/aromatic N) is 2. The van der Waals surface area contributed by atoms with Gasteiger partial charge in [0, 0.05) is 10.6 Å². The fourth-order valence-electron chi connectivity index (χ4n) is 1.74. The Labute approximate surface area is 126 Å². The summed E-state index contributed by atoms with van der Waals surface area (Å²) in [7, 11) is 0. The molecule has 0 aliphatic rings. The minimum Gasteiger partial charge on any atom is -0.508 e. The lowest BCUT2D eigenvalue weighted by molar-refractivity contribution is -0.138. The Balaban J connectivity index is 2.29. The number of carbonyl (C=O) groups is 1. The van der Waals surface area contributed by atoms with Gasteiger partial charge >= 0.3 is 5.97 Å². The van der Waals surface area contributed by atoms with Crippen LogP contribution < -0.4 is 0 Å². The third-order valence-electron chi connectivity index (χ3n) is 2.94. The molecule has 0 saturated carbocycles. The van der Waals surface area contributed by atoms with Gasteiger partial charge in [0.1, 0.15) is 5.75 Å². The Morgan fingerprint density at radius 3 is 2.43 bits per heavy atom. The molecule has 108 valence electrons. The van der Waals surface area contributed by atoms with E-state index < -0.39 is 11.9 Å². The van der Waals surface area contributed by atoms with Crippen molar-refractivity contribution in [2.75, 3.05) is 0 Å². The first-order valence-electron chi connectivity index (χ1n) is 6.20. The maximum absolute atomic E-state index is 11.0.